The van der Waals surface area contributed by atoms with E-state index < -0.39 is 0 Å². The molecule has 0 aliphatic rings. The van der Waals surface area contributed by atoms with Gasteiger partial charge in [-0.05, 0) is 48.9 Å². The van der Waals surface area contributed by atoms with Crippen LogP contribution in [0.3, 0.4) is 0 Å². The van der Waals surface area contributed by atoms with Gasteiger partial charge >= 0.3 is 0 Å². The Morgan fingerprint density at radius 2 is 1.84 bits per heavy atom. The summed E-state index contributed by atoms with van der Waals surface area (Å²) in [7, 11) is 1.67. The van der Waals surface area contributed by atoms with Crippen molar-refractivity contribution in [2.45, 2.75) is 19.6 Å². The van der Waals surface area contributed by atoms with E-state index in [2.05, 4.69) is 20.9 Å². The molecule has 2 aromatic carbocycles. The van der Waals surface area contributed by atoms with Crippen molar-refractivity contribution < 1.29 is 18.3 Å². The van der Waals surface area contributed by atoms with E-state index in [1.54, 1.807) is 37.4 Å². The number of guanidine groups is 1. The van der Waals surface area contributed by atoms with Crippen LogP contribution in [0.25, 0.3) is 0 Å². The molecule has 3 aromatic rings. The summed E-state index contributed by atoms with van der Waals surface area (Å²) in [6.07, 6.45) is 1.20. The van der Waals surface area contributed by atoms with E-state index in [1.807, 2.05) is 31.2 Å². The highest BCUT2D eigenvalue weighted by Crippen LogP contribution is 2.16. The SMILES string of the molecule is CN=C(NCc1ccc(NC(=O)c2ccco2)cc1)NCC(C)Oc1ccccc1F.I. The summed E-state index contributed by atoms with van der Waals surface area (Å²) in [5.74, 6) is 0.389. The van der Waals surface area contributed by atoms with Crippen molar-refractivity contribution in [3.05, 3.63) is 84.1 Å². The van der Waals surface area contributed by atoms with Crippen molar-refractivity contribution in [3.63, 3.8) is 0 Å². The van der Waals surface area contributed by atoms with Gasteiger partial charge in [0.05, 0.1) is 12.8 Å². The Bertz CT molecular complexity index is 1010. The molecule has 0 spiro atoms. The number of aliphatic imine (C=N–C) groups is 1. The fourth-order valence-corrected chi connectivity index (χ4v) is 2.75. The fourth-order valence-electron chi connectivity index (χ4n) is 2.75. The highest BCUT2D eigenvalue weighted by atomic mass is 127. The number of benzene rings is 2. The van der Waals surface area contributed by atoms with Gasteiger partial charge in [-0.2, -0.15) is 0 Å². The van der Waals surface area contributed by atoms with Gasteiger partial charge in [0.2, 0.25) is 0 Å². The molecule has 1 unspecified atom stereocenters. The van der Waals surface area contributed by atoms with E-state index in [4.69, 9.17) is 9.15 Å². The normalized spacial score (nSPS) is 11.8. The molecule has 0 fully saturated rings. The molecular formula is C23H26FIN4O3. The molecule has 0 aliphatic heterocycles. The molecule has 3 N–H and O–H groups in total. The van der Waals surface area contributed by atoms with Crippen LogP contribution in [-0.4, -0.2) is 31.6 Å². The third-order valence-electron chi connectivity index (χ3n) is 4.36. The molecule has 9 heteroatoms. The zero-order chi connectivity index (χ0) is 22.1. The van der Waals surface area contributed by atoms with Gasteiger partial charge in [-0.25, -0.2) is 4.39 Å². The molecule has 1 amide bonds. The number of anilines is 1. The van der Waals surface area contributed by atoms with Crippen LogP contribution in [0.2, 0.25) is 0 Å². The number of carbonyl (C=O) groups excluding carboxylic acids is 1. The lowest BCUT2D eigenvalue weighted by atomic mass is 10.2. The van der Waals surface area contributed by atoms with Crippen LogP contribution in [0.4, 0.5) is 10.1 Å². The van der Waals surface area contributed by atoms with Gasteiger partial charge in [0.25, 0.3) is 5.91 Å². The van der Waals surface area contributed by atoms with E-state index >= 15 is 0 Å². The fraction of sp³-hybridized carbons (Fsp3) is 0.217. The summed E-state index contributed by atoms with van der Waals surface area (Å²) in [6.45, 7) is 2.84. The Kier molecular flexibility index (Phi) is 9.99. The van der Waals surface area contributed by atoms with Crippen molar-refractivity contribution in [1.82, 2.24) is 10.6 Å². The van der Waals surface area contributed by atoms with Crippen LogP contribution in [0.1, 0.15) is 23.0 Å². The number of hydrogen-bond donors (Lipinski definition) is 3. The first kappa shape index (κ1) is 25.2. The molecule has 0 radical (unpaired) electrons. The van der Waals surface area contributed by atoms with Gasteiger partial charge < -0.3 is 25.1 Å². The molecule has 0 bridgehead atoms. The second kappa shape index (κ2) is 12.7. The molecule has 3 rings (SSSR count). The summed E-state index contributed by atoms with van der Waals surface area (Å²) in [4.78, 5) is 16.2. The third-order valence-corrected chi connectivity index (χ3v) is 4.36. The lowest BCUT2D eigenvalue weighted by Gasteiger charge is -2.18. The number of amides is 1. The number of carbonyl (C=O) groups is 1. The molecule has 170 valence electrons. The number of hydrogen-bond acceptors (Lipinski definition) is 4. The number of halogens is 2. The minimum absolute atomic E-state index is 0. The quantitative estimate of drug-likeness (QED) is 0.219. The van der Waals surface area contributed by atoms with E-state index in [1.165, 1.54) is 12.3 Å². The number of nitrogens with zero attached hydrogens (tertiary/aromatic N) is 1. The highest BCUT2D eigenvalue weighted by molar-refractivity contribution is 14.0. The Hall–Kier alpha value is -3.08. The molecule has 0 saturated heterocycles. The van der Waals surface area contributed by atoms with E-state index in [0.29, 0.717) is 24.7 Å². The number of para-hydroxylation sites is 1. The first-order valence-corrected chi connectivity index (χ1v) is 9.84. The highest BCUT2D eigenvalue weighted by Gasteiger charge is 2.10. The number of nitrogens with one attached hydrogen (secondary N) is 3. The van der Waals surface area contributed by atoms with Crippen LogP contribution in [0.5, 0.6) is 5.75 Å². The molecule has 7 nitrogen and oxygen atoms in total. The van der Waals surface area contributed by atoms with Crippen molar-refractivity contribution >= 4 is 41.5 Å². The van der Waals surface area contributed by atoms with Crippen LogP contribution in [0, 0.1) is 5.82 Å². The van der Waals surface area contributed by atoms with Gasteiger partial charge in [0, 0.05) is 19.3 Å². The summed E-state index contributed by atoms with van der Waals surface area (Å²) in [5.41, 5.74) is 1.68. The van der Waals surface area contributed by atoms with Crippen molar-refractivity contribution in [2.75, 3.05) is 18.9 Å². The summed E-state index contributed by atoms with van der Waals surface area (Å²) in [5, 5.41) is 9.14. The average Bonchev–Trinajstić information content (AvgIpc) is 3.32. The van der Waals surface area contributed by atoms with Crippen LogP contribution in [0.15, 0.2) is 76.3 Å². The van der Waals surface area contributed by atoms with Crippen molar-refractivity contribution in [1.29, 1.82) is 0 Å². The van der Waals surface area contributed by atoms with Gasteiger partial charge in [-0.3, -0.25) is 9.79 Å². The minimum atomic E-state index is -0.388. The van der Waals surface area contributed by atoms with Gasteiger partial charge in [0.15, 0.2) is 23.3 Å². The summed E-state index contributed by atoms with van der Waals surface area (Å²) >= 11 is 0. The zero-order valence-electron chi connectivity index (χ0n) is 17.8. The third kappa shape index (κ3) is 7.56. The standard InChI is InChI=1S/C23H25FN4O3.HI/c1-16(31-20-7-4-3-6-19(20)24)14-26-23(25-2)27-15-17-9-11-18(12-10-17)28-22(29)21-8-5-13-30-21;/h3-13,16H,14-15H2,1-2H3,(H,28,29)(H2,25,26,27);1H. The molecule has 1 heterocycles. The zero-order valence-corrected chi connectivity index (χ0v) is 20.1. The lowest BCUT2D eigenvalue weighted by molar-refractivity contribution is 0.0996. The van der Waals surface area contributed by atoms with Crippen molar-refractivity contribution in [2.24, 2.45) is 4.99 Å². The number of ether oxygens (including phenoxy) is 1. The molecular weight excluding hydrogens is 526 g/mol. The van der Waals surface area contributed by atoms with Gasteiger partial charge in [-0.1, -0.05) is 24.3 Å². The van der Waals surface area contributed by atoms with E-state index in [0.717, 1.165) is 5.56 Å². The monoisotopic (exact) mass is 552 g/mol. The minimum Gasteiger partial charge on any atom is -0.486 e. The Labute approximate surface area is 203 Å². The summed E-state index contributed by atoms with van der Waals surface area (Å²) < 4.78 is 24.4. The summed E-state index contributed by atoms with van der Waals surface area (Å²) in [6, 6.07) is 17.0. The number of furan rings is 1. The van der Waals surface area contributed by atoms with E-state index in [-0.39, 0.29) is 53.3 Å². The molecule has 0 aliphatic carbocycles. The number of rotatable bonds is 8. The first-order chi connectivity index (χ1) is 15.0. The molecule has 0 saturated carbocycles. The Morgan fingerprint density at radius 1 is 1.09 bits per heavy atom. The van der Waals surface area contributed by atoms with Crippen molar-refractivity contribution in [3.8, 4) is 5.75 Å². The molecule has 32 heavy (non-hydrogen) atoms. The largest absolute Gasteiger partial charge is 0.486 e. The molecule has 1 aromatic heterocycles. The van der Waals surface area contributed by atoms with E-state index in [9.17, 15) is 9.18 Å². The van der Waals surface area contributed by atoms with Gasteiger partial charge in [-0.15, -0.1) is 24.0 Å². The van der Waals surface area contributed by atoms with Crippen LogP contribution in [-0.2, 0) is 6.54 Å². The lowest BCUT2D eigenvalue weighted by Crippen LogP contribution is -2.41. The Balaban J connectivity index is 0.00000363. The maximum absolute atomic E-state index is 13.7. The predicted octanol–water partition coefficient (Wildman–Crippen LogP) is 4.42. The first-order valence-electron chi connectivity index (χ1n) is 9.84. The Morgan fingerprint density at radius 3 is 2.50 bits per heavy atom. The van der Waals surface area contributed by atoms with Crippen LogP contribution < -0.4 is 20.7 Å². The maximum Gasteiger partial charge on any atom is 0.291 e. The predicted molar refractivity (Wildman–Crippen MR) is 133 cm³/mol. The average molecular weight is 552 g/mol. The smallest absolute Gasteiger partial charge is 0.291 e. The second-order valence-corrected chi connectivity index (χ2v) is 6.79. The molecule has 1 atom stereocenters. The topological polar surface area (TPSA) is 87.9 Å². The second-order valence-electron chi connectivity index (χ2n) is 6.79. The van der Waals surface area contributed by atoms with Crippen LogP contribution >= 0.6 is 24.0 Å². The van der Waals surface area contributed by atoms with Gasteiger partial charge in [0.1, 0.15) is 6.10 Å². The maximum atomic E-state index is 13.7.